The maximum absolute atomic E-state index is 11.6. The van der Waals surface area contributed by atoms with E-state index in [2.05, 4.69) is 17.6 Å². The molecule has 1 amide bonds. The quantitative estimate of drug-likeness (QED) is 0.846. The van der Waals surface area contributed by atoms with Gasteiger partial charge in [-0.25, -0.2) is 0 Å². The molecule has 0 unspecified atom stereocenters. The Balaban J connectivity index is 1.82. The lowest BCUT2D eigenvalue weighted by atomic mass is 10.3. The zero-order chi connectivity index (χ0) is 11.6. The zero-order valence-electron chi connectivity index (χ0n) is 9.22. The molecule has 0 atom stereocenters. The van der Waals surface area contributed by atoms with Crippen molar-refractivity contribution in [3.8, 4) is 0 Å². The van der Waals surface area contributed by atoms with E-state index in [-0.39, 0.29) is 11.4 Å². The van der Waals surface area contributed by atoms with E-state index in [1.54, 1.807) is 12.1 Å². The topological polar surface area (TPSA) is 41.1 Å². The second-order valence-corrected chi connectivity index (χ2v) is 4.91. The van der Waals surface area contributed by atoms with E-state index in [4.69, 9.17) is 11.6 Å². The molecule has 1 fully saturated rings. The molecule has 4 heteroatoms. The molecule has 86 valence electrons. The van der Waals surface area contributed by atoms with Crippen molar-refractivity contribution < 1.29 is 4.79 Å². The SMILES string of the molecule is CC1(NCC(=O)Nc2cccc(Cl)c2)CC1. The Labute approximate surface area is 100 Å². The van der Waals surface area contributed by atoms with Crippen molar-refractivity contribution in [1.82, 2.24) is 5.32 Å². The Bertz CT molecular complexity index is 402. The highest BCUT2D eigenvalue weighted by Gasteiger charge is 2.36. The zero-order valence-corrected chi connectivity index (χ0v) is 9.97. The molecule has 1 aliphatic rings. The minimum atomic E-state index is -0.0320. The second-order valence-electron chi connectivity index (χ2n) is 4.47. The number of carbonyl (C=O) groups excluding carboxylic acids is 1. The number of nitrogens with one attached hydrogen (secondary N) is 2. The summed E-state index contributed by atoms with van der Waals surface area (Å²) in [6, 6.07) is 7.15. The Morgan fingerprint density at radius 1 is 1.50 bits per heavy atom. The van der Waals surface area contributed by atoms with Crippen molar-refractivity contribution >= 4 is 23.2 Å². The Kier molecular flexibility index (Phi) is 3.17. The standard InChI is InChI=1S/C12H15ClN2O/c1-12(5-6-12)14-8-11(16)15-10-4-2-3-9(13)7-10/h2-4,7,14H,5-6,8H2,1H3,(H,15,16). The van der Waals surface area contributed by atoms with Crippen LogP contribution in [0.5, 0.6) is 0 Å². The van der Waals surface area contributed by atoms with Crippen LogP contribution in [0.25, 0.3) is 0 Å². The third-order valence-electron chi connectivity index (χ3n) is 2.78. The minimum Gasteiger partial charge on any atom is -0.325 e. The van der Waals surface area contributed by atoms with Gasteiger partial charge < -0.3 is 10.6 Å². The lowest BCUT2D eigenvalue weighted by Gasteiger charge is -2.11. The molecule has 2 N–H and O–H groups in total. The summed E-state index contributed by atoms with van der Waals surface area (Å²) in [6.45, 7) is 2.47. The number of carbonyl (C=O) groups is 1. The van der Waals surface area contributed by atoms with E-state index in [0.717, 1.165) is 18.5 Å². The number of hydrogen-bond donors (Lipinski definition) is 2. The first-order valence-electron chi connectivity index (χ1n) is 5.38. The highest BCUT2D eigenvalue weighted by Crippen LogP contribution is 2.33. The molecule has 3 nitrogen and oxygen atoms in total. The molecular weight excluding hydrogens is 224 g/mol. The monoisotopic (exact) mass is 238 g/mol. The first-order chi connectivity index (χ1) is 7.57. The second kappa shape index (κ2) is 4.44. The molecule has 0 saturated heterocycles. The van der Waals surface area contributed by atoms with Gasteiger partial charge in [-0.3, -0.25) is 4.79 Å². The largest absolute Gasteiger partial charge is 0.325 e. The summed E-state index contributed by atoms with van der Waals surface area (Å²) in [5.74, 6) is -0.0320. The first-order valence-corrected chi connectivity index (χ1v) is 5.76. The Morgan fingerprint density at radius 2 is 2.25 bits per heavy atom. The van der Waals surface area contributed by atoms with Crippen molar-refractivity contribution in [2.75, 3.05) is 11.9 Å². The third-order valence-corrected chi connectivity index (χ3v) is 3.02. The van der Waals surface area contributed by atoms with Crippen molar-refractivity contribution in [1.29, 1.82) is 0 Å². The molecule has 16 heavy (non-hydrogen) atoms. The van der Waals surface area contributed by atoms with Crippen LogP contribution in [0.3, 0.4) is 0 Å². The first kappa shape index (κ1) is 11.4. The van der Waals surface area contributed by atoms with E-state index in [1.807, 2.05) is 12.1 Å². The molecule has 0 aromatic heterocycles. The van der Waals surface area contributed by atoms with Crippen LogP contribution in [0, 0.1) is 0 Å². The molecular formula is C12H15ClN2O. The summed E-state index contributed by atoms with van der Waals surface area (Å²) in [7, 11) is 0. The third kappa shape index (κ3) is 3.22. The van der Waals surface area contributed by atoms with Gasteiger partial charge in [-0.1, -0.05) is 17.7 Å². The highest BCUT2D eigenvalue weighted by atomic mass is 35.5. The van der Waals surface area contributed by atoms with Gasteiger partial charge in [-0.05, 0) is 38.0 Å². The van der Waals surface area contributed by atoms with E-state index < -0.39 is 0 Å². The van der Waals surface area contributed by atoms with Crippen molar-refractivity contribution in [2.24, 2.45) is 0 Å². The van der Waals surface area contributed by atoms with Crippen molar-refractivity contribution in [3.63, 3.8) is 0 Å². The van der Waals surface area contributed by atoms with Crippen LogP contribution < -0.4 is 10.6 Å². The van der Waals surface area contributed by atoms with Gasteiger partial charge in [0.2, 0.25) is 5.91 Å². The fourth-order valence-electron chi connectivity index (χ4n) is 1.43. The number of halogens is 1. The molecule has 0 radical (unpaired) electrons. The molecule has 0 bridgehead atoms. The van der Waals surface area contributed by atoms with Gasteiger partial charge in [-0.15, -0.1) is 0 Å². The van der Waals surface area contributed by atoms with E-state index in [1.165, 1.54) is 0 Å². The van der Waals surface area contributed by atoms with Gasteiger partial charge in [0.05, 0.1) is 6.54 Å². The summed E-state index contributed by atoms with van der Waals surface area (Å²) in [5.41, 5.74) is 0.923. The van der Waals surface area contributed by atoms with Crippen LogP contribution in [0.4, 0.5) is 5.69 Å². The summed E-state index contributed by atoms with van der Waals surface area (Å²) < 4.78 is 0. The van der Waals surface area contributed by atoms with E-state index >= 15 is 0 Å². The maximum atomic E-state index is 11.6. The molecule has 0 aliphatic heterocycles. The van der Waals surface area contributed by atoms with E-state index in [0.29, 0.717) is 11.6 Å². The number of amides is 1. The molecule has 1 aromatic rings. The number of hydrogen-bond acceptors (Lipinski definition) is 2. The predicted molar refractivity (Wildman–Crippen MR) is 65.7 cm³/mol. The van der Waals surface area contributed by atoms with Crippen molar-refractivity contribution in [2.45, 2.75) is 25.3 Å². The van der Waals surface area contributed by atoms with Gasteiger partial charge in [0, 0.05) is 16.2 Å². The van der Waals surface area contributed by atoms with Crippen LogP contribution in [-0.4, -0.2) is 18.0 Å². The Hall–Kier alpha value is -1.06. The minimum absolute atomic E-state index is 0.0320. The molecule has 2 rings (SSSR count). The van der Waals surface area contributed by atoms with Crippen molar-refractivity contribution in [3.05, 3.63) is 29.3 Å². The van der Waals surface area contributed by atoms with Gasteiger partial charge in [-0.2, -0.15) is 0 Å². The van der Waals surface area contributed by atoms with Gasteiger partial charge in [0.25, 0.3) is 0 Å². The normalized spacial score (nSPS) is 16.9. The highest BCUT2D eigenvalue weighted by molar-refractivity contribution is 6.30. The molecule has 0 heterocycles. The number of rotatable bonds is 4. The smallest absolute Gasteiger partial charge is 0.238 e. The summed E-state index contributed by atoms with van der Waals surface area (Å²) in [6.07, 6.45) is 2.30. The van der Waals surface area contributed by atoms with Crippen LogP contribution in [0.2, 0.25) is 5.02 Å². The molecule has 1 aromatic carbocycles. The fraction of sp³-hybridized carbons (Fsp3) is 0.417. The maximum Gasteiger partial charge on any atom is 0.238 e. The summed E-state index contributed by atoms with van der Waals surface area (Å²) in [5, 5.41) is 6.64. The van der Waals surface area contributed by atoms with Crippen LogP contribution in [-0.2, 0) is 4.79 Å². The average molecular weight is 239 g/mol. The summed E-state index contributed by atoms with van der Waals surface area (Å²) in [4.78, 5) is 11.6. The van der Waals surface area contributed by atoms with Gasteiger partial charge in [0.15, 0.2) is 0 Å². The van der Waals surface area contributed by atoms with Crippen LogP contribution in [0.1, 0.15) is 19.8 Å². The molecule has 0 spiro atoms. The predicted octanol–water partition coefficient (Wildman–Crippen LogP) is 2.42. The lowest BCUT2D eigenvalue weighted by molar-refractivity contribution is -0.115. The fourth-order valence-corrected chi connectivity index (χ4v) is 1.62. The summed E-state index contributed by atoms with van der Waals surface area (Å²) >= 11 is 5.82. The van der Waals surface area contributed by atoms with E-state index in [9.17, 15) is 4.79 Å². The Morgan fingerprint density at radius 3 is 2.88 bits per heavy atom. The number of anilines is 1. The average Bonchev–Trinajstić information content (AvgIpc) is 2.95. The lowest BCUT2D eigenvalue weighted by Crippen LogP contribution is -2.35. The van der Waals surface area contributed by atoms with Crippen LogP contribution >= 0.6 is 11.6 Å². The van der Waals surface area contributed by atoms with Crippen LogP contribution in [0.15, 0.2) is 24.3 Å². The van der Waals surface area contributed by atoms with Gasteiger partial charge in [0.1, 0.15) is 0 Å². The van der Waals surface area contributed by atoms with Gasteiger partial charge >= 0.3 is 0 Å². The molecule has 1 saturated carbocycles. The molecule has 1 aliphatic carbocycles. The number of benzene rings is 1.